The number of carbonyl (C=O) groups is 2. The van der Waals surface area contributed by atoms with Crippen LogP contribution < -0.4 is 18.9 Å². The van der Waals surface area contributed by atoms with Gasteiger partial charge in [-0.05, 0) is 44.0 Å². The van der Waals surface area contributed by atoms with Crippen molar-refractivity contribution in [3.63, 3.8) is 0 Å². The van der Waals surface area contributed by atoms with Crippen molar-refractivity contribution >= 4 is 29.1 Å². The number of amides is 1. The number of hydrogen-bond donors (Lipinski definition) is 1. The Morgan fingerprint density at radius 1 is 0.973 bits per heavy atom. The summed E-state index contributed by atoms with van der Waals surface area (Å²) in [5.41, 5.74) is 0.617. The summed E-state index contributed by atoms with van der Waals surface area (Å²) in [5, 5.41) is 11.7. The molecule has 0 spiro atoms. The minimum absolute atomic E-state index is 0.0910. The van der Waals surface area contributed by atoms with E-state index >= 15 is 0 Å². The fourth-order valence-electron chi connectivity index (χ4n) is 4.23. The maximum absolute atomic E-state index is 13.3. The fraction of sp³-hybridized carbons (Fsp3) is 0.407. The van der Waals surface area contributed by atoms with Crippen molar-refractivity contribution in [1.82, 2.24) is 4.90 Å². The monoisotopic (exact) mass is 533 g/mol. The average molecular weight is 534 g/mol. The van der Waals surface area contributed by atoms with Gasteiger partial charge in [0.2, 0.25) is 0 Å². The van der Waals surface area contributed by atoms with Gasteiger partial charge in [-0.15, -0.1) is 0 Å². The van der Waals surface area contributed by atoms with Crippen molar-refractivity contribution < 1.29 is 38.4 Å². The SMILES string of the molecule is COCCCN1C(=O)C(=O)/C(=C(/O)c2cc(Cl)c(OC)cc2OC)C1c1ccc(OC(C)C)c(OC)c1. The predicted molar refractivity (Wildman–Crippen MR) is 139 cm³/mol. The van der Waals surface area contributed by atoms with Crippen LogP contribution in [0.15, 0.2) is 35.9 Å². The van der Waals surface area contributed by atoms with E-state index in [-0.39, 0.29) is 34.6 Å². The molecule has 2 aromatic carbocycles. The molecule has 1 amide bonds. The highest BCUT2D eigenvalue weighted by Gasteiger charge is 2.46. The van der Waals surface area contributed by atoms with Gasteiger partial charge in [0, 0.05) is 26.3 Å². The summed E-state index contributed by atoms with van der Waals surface area (Å²) < 4.78 is 27.1. The second-order valence-electron chi connectivity index (χ2n) is 8.60. The number of aliphatic hydroxyl groups excluding tert-OH is 1. The van der Waals surface area contributed by atoms with Gasteiger partial charge >= 0.3 is 0 Å². The molecular formula is C27H32ClNO8. The first-order valence-electron chi connectivity index (χ1n) is 11.7. The molecule has 10 heteroatoms. The molecule has 1 N–H and O–H groups in total. The molecule has 37 heavy (non-hydrogen) atoms. The third-order valence-corrected chi connectivity index (χ3v) is 6.18. The highest BCUT2D eigenvalue weighted by Crippen LogP contribution is 2.44. The maximum Gasteiger partial charge on any atom is 0.295 e. The van der Waals surface area contributed by atoms with Gasteiger partial charge in [-0.3, -0.25) is 9.59 Å². The molecule has 0 bridgehead atoms. The maximum atomic E-state index is 13.3. The second kappa shape index (κ2) is 12.2. The summed E-state index contributed by atoms with van der Waals surface area (Å²) in [7, 11) is 5.93. The Bertz CT molecular complexity index is 1190. The number of nitrogens with zero attached hydrogens (tertiary/aromatic N) is 1. The van der Waals surface area contributed by atoms with Crippen LogP contribution in [0.4, 0.5) is 0 Å². The van der Waals surface area contributed by atoms with E-state index in [0.717, 1.165) is 0 Å². The van der Waals surface area contributed by atoms with Crippen LogP contribution in [0.25, 0.3) is 5.76 Å². The molecule has 0 saturated carbocycles. The minimum atomic E-state index is -0.899. The van der Waals surface area contributed by atoms with E-state index < -0.39 is 23.5 Å². The second-order valence-corrected chi connectivity index (χ2v) is 9.01. The number of likely N-dealkylation sites (tertiary alicyclic amines) is 1. The summed E-state index contributed by atoms with van der Waals surface area (Å²) in [5.74, 6) is -0.475. The highest BCUT2D eigenvalue weighted by atomic mass is 35.5. The number of methoxy groups -OCH3 is 4. The third kappa shape index (κ3) is 5.78. The Morgan fingerprint density at radius 2 is 1.65 bits per heavy atom. The molecular weight excluding hydrogens is 502 g/mol. The van der Waals surface area contributed by atoms with Gasteiger partial charge < -0.3 is 33.7 Å². The molecule has 1 aliphatic heterocycles. The lowest BCUT2D eigenvalue weighted by atomic mass is 9.94. The van der Waals surface area contributed by atoms with Crippen molar-refractivity contribution in [2.45, 2.75) is 32.4 Å². The number of ether oxygens (including phenoxy) is 5. The number of hydrogen-bond acceptors (Lipinski definition) is 8. The van der Waals surface area contributed by atoms with Crippen LogP contribution >= 0.6 is 11.6 Å². The first-order chi connectivity index (χ1) is 17.7. The standard InChI is InChI=1S/C27H32ClNO8/c1-15(2)37-19-9-8-16(12-22(19)36-6)24-23(26(31)27(32)29(24)10-7-11-33-3)25(30)17-13-18(28)21(35-5)14-20(17)34-4/h8-9,12-15,24,30H,7,10-11H2,1-6H3/b25-23+. The number of halogens is 1. The zero-order valence-electron chi connectivity index (χ0n) is 21.8. The minimum Gasteiger partial charge on any atom is -0.507 e. The number of Topliss-reactive ketones (excluding diaryl/α,β-unsaturated/α-hetero) is 1. The molecule has 1 fully saturated rings. The number of carbonyl (C=O) groups excluding carboxylic acids is 2. The Kier molecular flexibility index (Phi) is 9.29. The first-order valence-corrected chi connectivity index (χ1v) is 12.1. The summed E-state index contributed by atoms with van der Waals surface area (Å²) >= 11 is 6.32. The molecule has 3 rings (SSSR count). The predicted octanol–water partition coefficient (Wildman–Crippen LogP) is 4.61. The van der Waals surface area contributed by atoms with E-state index in [4.69, 9.17) is 35.3 Å². The topological polar surface area (TPSA) is 104 Å². The zero-order chi connectivity index (χ0) is 27.3. The van der Waals surface area contributed by atoms with E-state index in [1.54, 1.807) is 25.3 Å². The quantitative estimate of drug-likeness (QED) is 0.193. The average Bonchev–Trinajstić information content (AvgIpc) is 3.13. The van der Waals surface area contributed by atoms with Crippen LogP contribution in [-0.4, -0.2) is 69.4 Å². The van der Waals surface area contributed by atoms with Gasteiger partial charge in [-0.1, -0.05) is 17.7 Å². The third-order valence-electron chi connectivity index (χ3n) is 5.88. The number of rotatable bonds is 11. The van der Waals surface area contributed by atoms with Crippen LogP contribution in [-0.2, 0) is 14.3 Å². The zero-order valence-corrected chi connectivity index (χ0v) is 22.5. The van der Waals surface area contributed by atoms with Crippen LogP contribution in [0, 0.1) is 0 Å². The van der Waals surface area contributed by atoms with E-state index in [0.29, 0.717) is 35.8 Å². The highest BCUT2D eigenvalue weighted by molar-refractivity contribution is 6.46. The van der Waals surface area contributed by atoms with Crippen molar-refractivity contribution in [1.29, 1.82) is 0 Å². The molecule has 200 valence electrons. The Labute approximate surface area is 221 Å². The summed E-state index contributed by atoms with van der Waals surface area (Å²) in [6, 6.07) is 7.19. The summed E-state index contributed by atoms with van der Waals surface area (Å²) in [6.07, 6.45) is 0.399. The lowest BCUT2D eigenvalue weighted by Gasteiger charge is -2.26. The molecule has 9 nitrogen and oxygen atoms in total. The summed E-state index contributed by atoms with van der Waals surface area (Å²) in [6.45, 7) is 4.41. The molecule has 0 radical (unpaired) electrons. The molecule has 1 saturated heterocycles. The van der Waals surface area contributed by atoms with Gasteiger partial charge in [0.25, 0.3) is 11.7 Å². The van der Waals surface area contributed by atoms with E-state index in [2.05, 4.69) is 0 Å². The lowest BCUT2D eigenvalue weighted by Crippen LogP contribution is -2.31. The van der Waals surface area contributed by atoms with Crippen molar-refractivity contribution in [3.05, 3.63) is 52.1 Å². The molecule has 1 heterocycles. The van der Waals surface area contributed by atoms with Gasteiger partial charge in [0.15, 0.2) is 11.5 Å². The van der Waals surface area contributed by atoms with E-state index in [1.165, 1.54) is 38.4 Å². The number of ketones is 1. The fourth-order valence-corrected chi connectivity index (χ4v) is 4.47. The van der Waals surface area contributed by atoms with Gasteiger partial charge in [-0.2, -0.15) is 0 Å². The Balaban J connectivity index is 2.23. The van der Waals surface area contributed by atoms with Crippen LogP contribution in [0.5, 0.6) is 23.0 Å². The van der Waals surface area contributed by atoms with Gasteiger partial charge in [0.1, 0.15) is 17.3 Å². The molecule has 1 unspecified atom stereocenters. The van der Waals surface area contributed by atoms with Gasteiger partial charge in [-0.25, -0.2) is 0 Å². The normalized spacial score (nSPS) is 16.9. The molecule has 0 aliphatic carbocycles. The molecule has 1 aliphatic rings. The van der Waals surface area contributed by atoms with Crippen LogP contribution in [0.3, 0.4) is 0 Å². The molecule has 0 aromatic heterocycles. The first kappa shape index (κ1) is 28.1. The number of aliphatic hydroxyl groups is 1. The van der Waals surface area contributed by atoms with Crippen LogP contribution in [0.1, 0.15) is 37.4 Å². The molecule has 1 atom stereocenters. The Hall–Kier alpha value is -3.43. The van der Waals surface area contributed by atoms with Crippen LogP contribution in [0.2, 0.25) is 5.02 Å². The smallest absolute Gasteiger partial charge is 0.295 e. The Morgan fingerprint density at radius 3 is 2.24 bits per heavy atom. The van der Waals surface area contributed by atoms with Crippen molar-refractivity contribution in [3.8, 4) is 23.0 Å². The lowest BCUT2D eigenvalue weighted by molar-refractivity contribution is -0.140. The molecule has 2 aromatic rings. The van der Waals surface area contributed by atoms with Crippen molar-refractivity contribution in [2.24, 2.45) is 0 Å². The number of benzene rings is 2. The van der Waals surface area contributed by atoms with E-state index in [9.17, 15) is 14.7 Å². The van der Waals surface area contributed by atoms with Gasteiger partial charge in [0.05, 0.1) is 49.6 Å². The van der Waals surface area contributed by atoms with E-state index in [1.807, 2.05) is 13.8 Å². The van der Waals surface area contributed by atoms with Crippen molar-refractivity contribution in [2.75, 3.05) is 41.6 Å². The largest absolute Gasteiger partial charge is 0.507 e. The summed E-state index contributed by atoms with van der Waals surface area (Å²) in [4.78, 5) is 27.9.